The summed E-state index contributed by atoms with van der Waals surface area (Å²) in [4.78, 5) is 61.3. The number of carbonyl (C=O) groups excluding carboxylic acids is 3. The van der Waals surface area contributed by atoms with Crippen LogP contribution in [0.5, 0.6) is 0 Å². The quantitative estimate of drug-likeness (QED) is 0.203. The van der Waals surface area contributed by atoms with E-state index in [1.165, 1.54) is 58.3 Å². The fraction of sp³-hybridized carbons (Fsp3) is 0.444. The van der Waals surface area contributed by atoms with Crippen molar-refractivity contribution in [1.82, 2.24) is 15.1 Å². The van der Waals surface area contributed by atoms with Crippen LogP contribution >= 0.6 is 12.6 Å². The molecule has 2 aliphatic rings. The molecule has 230 valence electrons. The number of alkyl carbamates (subject to hydrolysis) is 1. The van der Waals surface area contributed by atoms with Gasteiger partial charge in [0.25, 0.3) is 11.4 Å². The number of non-ortho nitro benzene ring substituents is 2. The topological polar surface area (TPSA) is 195 Å². The number of benzene rings is 2. The Morgan fingerprint density at radius 1 is 0.953 bits per heavy atom. The first-order valence-corrected chi connectivity index (χ1v) is 14.0. The van der Waals surface area contributed by atoms with Crippen LogP contribution in [0.4, 0.5) is 21.0 Å². The molecule has 2 aromatic rings. The Balaban J connectivity index is 1.21. The van der Waals surface area contributed by atoms with E-state index < -0.39 is 34.2 Å². The number of rotatable bonds is 10. The van der Waals surface area contributed by atoms with Gasteiger partial charge in [0.05, 0.1) is 34.5 Å². The highest BCUT2D eigenvalue weighted by Crippen LogP contribution is 2.27. The zero-order valence-electron chi connectivity index (χ0n) is 22.9. The number of thiol groups is 1. The fourth-order valence-electron chi connectivity index (χ4n) is 4.98. The summed E-state index contributed by atoms with van der Waals surface area (Å²) in [6, 6.07) is 10.2. The monoisotopic (exact) mass is 617 g/mol. The van der Waals surface area contributed by atoms with Crippen LogP contribution in [0.15, 0.2) is 48.5 Å². The molecule has 0 spiro atoms. The number of ether oxygens (including phenoxy) is 2. The molecule has 3 amide bonds. The Hall–Kier alpha value is -4.44. The van der Waals surface area contributed by atoms with Gasteiger partial charge in [0.1, 0.15) is 13.2 Å². The summed E-state index contributed by atoms with van der Waals surface area (Å²) in [7, 11) is 0. The Bertz CT molecular complexity index is 1340. The van der Waals surface area contributed by atoms with Crippen molar-refractivity contribution in [3.63, 3.8) is 0 Å². The van der Waals surface area contributed by atoms with Crippen LogP contribution in [0.2, 0.25) is 0 Å². The molecule has 15 nitrogen and oxygen atoms in total. The van der Waals surface area contributed by atoms with Crippen molar-refractivity contribution in [2.45, 2.75) is 55.9 Å². The predicted octanol–water partition coefficient (Wildman–Crippen LogP) is 2.79. The summed E-state index contributed by atoms with van der Waals surface area (Å²) in [5.74, 6) is -0.335. The number of likely N-dealkylation sites (tertiary alicyclic amines) is 2. The molecule has 43 heavy (non-hydrogen) atoms. The molecule has 4 atom stereocenters. The Labute approximate surface area is 251 Å². The van der Waals surface area contributed by atoms with E-state index in [9.17, 15) is 39.7 Å². The molecule has 2 fully saturated rings. The van der Waals surface area contributed by atoms with Gasteiger partial charge in [-0.3, -0.25) is 25.0 Å². The van der Waals surface area contributed by atoms with Crippen LogP contribution in [-0.2, 0) is 27.5 Å². The van der Waals surface area contributed by atoms with Crippen molar-refractivity contribution in [2.24, 2.45) is 0 Å². The number of nitrogens with one attached hydrogen (secondary N) is 1. The van der Waals surface area contributed by atoms with Crippen molar-refractivity contribution >= 4 is 42.1 Å². The molecule has 0 saturated carbocycles. The summed E-state index contributed by atoms with van der Waals surface area (Å²) in [5.41, 5.74) is 0.984. The molecule has 0 unspecified atom stereocenters. The maximum Gasteiger partial charge on any atom is 0.410 e. The number of nitro groups is 2. The summed E-state index contributed by atoms with van der Waals surface area (Å²) in [6.07, 6.45) is -1.95. The highest BCUT2D eigenvalue weighted by molar-refractivity contribution is 7.81. The maximum atomic E-state index is 12.9. The minimum atomic E-state index is -1.17. The zero-order valence-corrected chi connectivity index (χ0v) is 23.8. The van der Waals surface area contributed by atoms with E-state index in [1.807, 2.05) is 0 Å². The average Bonchev–Trinajstić information content (AvgIpc) is 3.62. The average molecular weight is 618 g/mol. The third-order valence-electron chi connectivity index (χ3n) is 7.27. The lowest BCUT2D eigenvalue weighted by Gasteiger charge is -2.28. The molecule has 0 bridgehead atoms. The molecule has 2 N–H and O–H groups in total. The summed E-state index contributed by atoms with van der Waals surface area (Å²) in [5, 5.41) is 34.9. The van der Waals surface area contributed by atoms with E-state index in [1.54, 1.807) is 0 Å². The second-order valence-corrected chi connectivity index (χ2v) is 11.1. The molecular formula is C27H31N5O10S. The number of amides is 3. The molecule has 0 aliphatic carbocycles. The van der Waals surface area contributed by atoms with Crippen LogP contribution in [0, 0.1) is 20.2 Å². The van der Waals surface area contributed by atoms with Gasteiger partial charge < -0.3 is 29.7 Å². The molecule has 2 aliphatic heterocycles. The van der Waals surface area contributed by atoms with E-state index >= 15 is 0 Å². The van der Waals surface area contributed by atoms with Crippen LogP contribution in [0.25, 0.3) is 0 Å². The number of hydrogen-bond donors (Lipinski definition) is 3. The molecular weight excluding hydrogens is 586 g/mol. The number of hydrogen-bond acceptors (Lipinski definition) is 11. The zero-order chi connectivity index (χ0) is 31.1. The fourth-order valence-corrected chi connectivity index (χ4v) is 5.37. The van der Waals surface area contributed by atoms with E-state index in [-0.39, 0.29) is 61.3 Å². The molecule has 0 aromatic heterocycles. The maximum absolute atomic E-state index is 12.9. The van der Waals surface area contributed by atoms with E-state index in [0.29, 0.717) is 30.5 Å². The van der Waals surface area contributed by atoms with Crippen molar-refractivity contribution < 1.29 is 38.8 Å². The van der Waals surface area contributed by atoms with E-state index in [0.717, 1.165) is 0 Å². The van der Waals surface area contributed by atoms with Crippen LogP contribution < -0.4 is 5.32 Å². The van der Waals surface area contributed by atoms with Crippen LogP contribution in [0.1, 0.15) is 30.4 Å². The minimum Gasteiger partial charge on any atom is -0.445 e. The Morgan fingerprint density at radius 3 is 2.07 bits per heavy atom. The van der Waals surface area contributed by atoms with E-state index in [2.05, 4.69) is 17.9 Å². The second kappa shape index (κ2) is 14.2. The van der Waals surface area contributed by atoms with Gasteiger partial charge in [-0.25, -0.2) is 9.59 Å². The highest BCUT2D eigenvalue weighted by Gasteiger charge is 2.40. The number of nitrogens with zero attached hydrogens (tertiary/aromatic N) is 4. The van der Waals surface area contributed by atoms with Crippen molar-refractivity contribution in [2.75, 3.05) is 19.6 Å². The van der Waals surface area contributed by atoms with Gasteiger partial charge in [0, 0.05) is 49.1 Å². The Kier molecular flexibility index (Phi) is 10.4. The smallest absolute Gasteiger partial charge is 0.410 e. The SMILES string of the molecule is O=C(N[C@H]1CCN(C(=O)C[C@@H](O)[C@@H]2C[C@H](S)CN2C(=O)OCc2ccc([N+](=O)[O-])cc2)C1)OCc1ccc([N+](=O)[O-])cc1. The summed E-state index contributed by atoms with van der Waals surface area (Å²) >= 11 is 4.44. The summed E-state index contributed by atoms with van der Waals surface area (Å²) in [6.45, 7) is 0.602. The molecule has 2 saturated heterocycles. The lowest BCUT2D eigenvalue weighted by molar-refractivity contribution is -0.385. The predicted molar refractivity (Wildman–Crippen MR) is 153 cm³/mol. The highest BCUT2D eigenvalue weighted by atomic mass is 32.1. The van der Waals surface area contributed by atoms with Gasteiger partial charge in [0.2, 0.25) is 5.91 Å². The van der Waals surface area contributed by atoms with Crippen molar-refractivity contribution in [3.05, 3.63) is 79.9 Å². The molecule has 0 radical (unpaired) electrons. The first kappa shape index (κ1) is 31.5. The van der Waals surface area contributed by atoms with Gasteiger partial charge in [-0.15, -0.1) is 0 Å². The van der Waals surface area contributed by atoms with Gasteiger partial charge in [-0.1, -0.05) is 0 Å². The molecule has 4 rings (SSSR count). The standard InChI is InChI=1S/C27H31N5O10S/c33-24(23-11-22(43)14-30(23)27(36)42-16-18-3-7-21(8-4-18)32(39)40)12-25(34)29-10-9-19(13-29)28-26(35)41-15-17-1-5-20(6-2-17)31(37)38/h1-8,19,22-24,33,43H,9-16H2,(H,28,35)/t19-,22-,23-,24+/m0/s1. The second-order valence-electron chi connectivity index (χ2n) is 10.3. The van der Waals surface area contributed by atoms with Gasteiger partial charge in [-0.2, -0.15) is 12.6 Å². The van der Waals surface area contributed by atoms with E-state index in [4.69, 9.17) is 9.47 Å². The van der Waals surface area contributed by atoms with Gasteiger partial charge >= 0.3 is 12.2 Å². The van der Waals surface area contributed by atoms with Crippen LogP contribution in [-0.4, -0.2) is 85.9 Å². The molecule has 16 heteroatoms. The lowest BCUT2D eigenvalue weighted by Crippen LogP contribution is -2.45. The lowest BCUT2D eigenvalue weighted by atomic mass is 10.0. The summed E-state index contributed by atoms with van der Waals surface area (Å²) < 4.78 is 10.5. The third-order valence-corrected chi connectivity index (χ3v) is 7.65. The number of aliphatic hydroxyl groups is 1. The number of carbonyl (C=O) groups is 3. The van der Waals surface area contributed by atoms with Gasteiger partial charge in [-0.05, 0) is 48.2 Å². The van der Waals surface area contributed by atoms with Gasteiger partial charge in [0.15, 0.2) is 0 Å². The minimum absolute atomic E-state index is 0.0697. The molecule has 2 aromatic carbocycles. The molecule has 2 heterocycles. The Morgan fingerprint density at radius 2 is 1.51 bits per heavy atom. The number of aliphatic hydroxyl groups excluding tert-OH is 1. The normalized spacial score (nSPS) is 20.4. The number of nitro benzene ring substituents is 2. The van der Waals surface area contributed by atoms with Crippen LogP contribution in [0.3, 0.4) is 0 Å². The third kappa shape index (κ3) is 8.54. The first-order valence-electron chi connectivity index (χ1n) is 13.5. The first-order chi connectivity index (χ1) is 20.5. The largest absolute Gasteiger partial charge is 0.445 e. The van der Waals surface area contributed by atoms with Crippen molar-refractivity contribution in [3.8, 4) is 0 Å². The van der Waals surface area contributed by atoms with Crippen molar-refractivity contribution in [1.29, 1.82) is 0 Å².